The van der Waals surface area contributed by atoms with Crippen LogP contribution >= 0.6 is 12.2 Å². The third-order valence-electron chi connectivity index (χ3n) is 2.68. The van der Waals surface area contributed by atoms with Gasteiger partial charge in [0.15, 0.2) is 5.82 Å². The number of imidazole rings is 1. The third kappa shape index (κ3) is 1.65. The van der Waals surface area contributed by atoms with Gasteiger partial charge in [0.2, 0.25) is 0 Å². The summed E-state index contributed by atoms with van der Waals surface area (Å²) in [4.78, 5) is 9.09. The summed E-state index contributed by atoms with van der Waals surface area (Å²) in [6, 6.07) is 11.5. The number of nitrogens with two attached hydrogens (primary N) is 1. The second-order valence-corrected chi connectivity index (χ2v) is 4.26. The van der Waals surface area contributed by atoms with Crippen molar-refractivity contribution in [1.29, 1.82) is 0 Å². The average Bonchev–Trinajstić information content (AvgIpc) is 2.79. The highest BCUT2D eigenvalue weighted by Gasteiger charge is 2.14. The van der Waals surface area contributed by atoms with E-state index in [-0.39, 0.29) is 0 Å². The zero-order valence-electron chi connectivity index (χ0n) is 9.45. The molecule has 0 aliphatic heterocycles. The van der Waals surface area contributed by atoms with Gasteiger partial charge in [-0.1, -0.05) is 24.4 Å². The predicted octanol–water partition coefficient (Wildman–Crippen LogP) is 2.03. The molecule has 0 saturated carbocycles. The fourth-order valence-electron chi connectivity index (χ4n) is 1.89. The number of thiocarbonyl (C=S) groups is 1. The van der Waals surface area contributed by atoms with Crippen molar-refractivity contribution in [3.8, 4) is 11.5 Å². The van der Waals surface area contributed by atoms with Gasteiger partial charge in [0.1, 0.15) is 16.4 Å². The van der Waals surface area contributed by atoms with Gasteiger partial charge in [-0.2, -0.15) is 0 Å². The van der Waals surface area contributed by atoms with Gasteiger partial charge < -0.3 is 5.73 Å². The van der Waals surface area contributed by atoms with E-state index in [2.05, 4.69) is 9.97 Å². The lowest BCUT2D eigenvalue weighted by Crippen LogP contribution is -2.10. The quantitative estimate of drug-likeness (QED) is 0.711. The summed E-state index contributed by atoms with van der Waals surface area (Å²) < 4.78 is 1.94. The van der Waals surface area contributed by atoms with Gasteiger partial charge >= 0.3 is 0 Å². The Balaban J connectivity index is 2.34. The number of hydrogen-bond donors (Lipinski definition) is 1. The highest BCUT2D eigenvalue weighted by Crippen LogP contribution is 2.20. The number of hydrogen-bond acceptors (Lipinski definition) is 3. The van der Waals surface area contributed by atoms with Crippen LogP contribution in [0.3, 0.4) is 0 Å². The first-order valence-corrected chi connectivity index (χ1v) is 5.86. The number of aromatic nitrogens is 3. The molecule has 4 nitrogen and oxygen atoms in total. The van der Waals surface area contributed by atoms with E-state index in [1.807, 2.05) is 47.0 Å². The van der Waals surface area contributed by atoms with Crippen molar-refractivity contribution in [2.75, 3.05) is 0 Å². The Bertz CT molecular complexity index is 718. The van der Waals surface area contributed by atoms with E-state index in [0.29, 0.717) is 10.7 Å². The Kier molecular flexibility index (Phi) is 2.53. The molecule has 3 rings (SSSR count). The van der Waals surface area contributed by atoms with Gasteiger partial charge in [-0.15, -0.1) is 0 Å². The molecule has 3 aromatic heterocycles. The Labute approximate surface area is 109 Å². The molecule has 0 radical (unpaired) electrons. The molecular formula is C13H10N4S. The molecule has 3 heterocycles. The summed E-state index contributed by atoms with van der Waals surface area (Å²) in [7, 11) is 0. The van der Waals surface area contributed by atoms with Crippen LogP contribution in [0.15, 0.2) is 48.8 Å². The van der Waals surface area contributed by atoms with Crippen molar-refractivity contribution in [3.05, 3.63) is 54.5 Å². The molecular weight excluding hydrogens is 244 g/mol. The summed E-state index contributed by atoms with van der Waals surface area (Å²) in [6.45, 7) is 0. The van der Waals surface area contributed by atoms with E-state index >= 15 is 0 Å². The van der Waals surface area contributed by atoms with E-state index in [1.54, 1.807) is 6.20 Å². The van der Waals surface area contributed by atoms with Crippen LogP contribution in [-0.4, -0.2) is 19.4 Å². The summed E-state index contributed by atoms with van der Waals surface area (Å²) in [6.07, 6.45) is 3.66. The lowest BCUT2D eigenvalue weighted by atomic mass is 10.3. The Hall–Kier alpha value is -2.27. The third-order valence-corrected chi connectivity index (χ3v) is 2.87. The molecule has 0 aliphatic carbocycles. The lowest BCUT2D eigenvalue weighted by Gasteiger charge is -1.99. The van der Waals surface area contributed by atoms with E-state index in [9.17, 15) is 0 Å². The molecule has 0 spiro atoms. The summed E-state index contributed by atoms with van der Waals surface area (Å²) in [5.74, 6) is 0.744. The SMILES string of the molecule is NC(=S)c1nc(-c2ccccn2)n2ccccc12. The van der Waals surface area contributed by atoms with Crippen molar-refractivity contribution in [1.82, 2.24) is 14.4 Å². The van der Waals surface area contributed by atoms with Gasteiger partial charge in [0.25, 0.3) is 0 Å². The second-order valence-electron chi connectivity index (χ2n) is 3.82. The molecule has 0 saturated heterocycles. The maximum absolute atomic E-state index is 5.71. The van der Waals surface area contributed by atoms with Crippen molar-refractivity contribution in [2.45, 2.75) is 0 Å². The van der Waals surface area contributed by atoms with Crippen molar-refractivity contribution >= 4 is 22.7 Å². The zero-order chi connectivity index (χ0) is 12.5. The van der Waals surface area contributed by atoms with Gasteiger partial charge in [-0.25, -0.2) is 4.98 Å². The van der Waals surface area contributed by atoms with Crippen LogP contribution in [-0.2, 0) is 0 Å². The number of rotatable bonds is 2. The predicted molar refractivity (Wildman–Crippen MR) is 74.3 cm³/mol. The summed E-state index contributed by atoms with van der Waals surface area (Å²) in [5, 5.41) is 0. The molecule has 0 amide bonds. The molecule has 18 heavy (non-hydrogen) atoms. The lowest BCUT2D eigenvalue weighted by molar-refractivity contribution is 1.13. The minimum atomic E-state index is 0.292. The number of pyridine rings is 2. The normalized spacial score (nSPS) is 10.7. The van der Waals surface area contributed by atoms with Crippen LogP contribution in [0.4, 0.5) is 0 Å². The van der Waals surface area contributed by atoms with Crippen molar-refractivity contribution in [2.24, 2.45) is 5.73 Å². The zero-order valence-corrected chi connectivity index (χ0v) is 10.3. The molecule has 0 aliphatic rings. The highest BCUT2D eigenvalue weighted by atomic mass is 32.1. The first kappa shape index (κ1) is 10.9. The largest absolute Gasteiger partial charge is 0.388 e. The highest BCUT2D eigenvalue weighted by molar-refractivity contribution is 7.80. The van der Waals surface area contributed by atoms with E-state index in [1.165, 1.54) is 0 Å². The molecule has 0 atom stereocenters. The maximum atomic E-state index is 5.71. The van der Waals surface area contributed by atoms with Gasteiger partial charge in [0, 0.05) is 12.4 Å². The molecule has 2 N–H and O–H groups in total. The molecule has 0 fully saturated rings. The van der Waals surface area contributed by atoms with Crippen LogP contribution in [0.5, 0.6) is 0 Å². The van der Waals surface area contributed by atoms with E-state index in [4.69, 9.17) is 18.0 Å². The van der Waals surface area contributed by atoms with Crippen molar-refractivity contribution < 1.29 is 0 Å². The fraction of sp³-hybridized carbons (Fsp3) is 0. The Morgan fingerprint density at radius 2 is 2.00 bits per heavy atom. The molecule has 5 heteroatoms. The van der Waals surface area contributed by atoms with E-state index < -0.39 is 0 Å². The van der Waals surface area contributed by atoms with Crippen LogP contribution in [0, 0.1) is 0 Å². The topological polar surface area (TPSA) is 56.2 Å². The number of fused-ring (bicyclic) bond motifs is 1. The standard InChI is InChI=1S/C13H10N4S/c14-12(18)11-10-6-2-4-8-17(10)13(16-11)9-5-1-3-7-15-9/h1-8H,(H2,14,18). The van der Waals surface area contributed by atoms with E-state index in [0.717, 1.165) is 17.0 Å². The van der Waals surface area contributed by atoms with Crippen LogP contribution in [0.25, 0.3) is 17.0 Å². The van der Waals surface area contributed by atoms with Crippen LogP contribution < -0.4 is 5.73 Å². The molecule has 3 aromatic rings. The van der Waals surface area contributed by atoms with Crippen LogP contribution in [0.1, 0.15) is 5.69 Å². The first-order chi connectivity index (χ1) is 8.77. The second kappa shape index (κ2) is 4.19. The Morgan fingerprint density at radius 1 is 1.17 bits per heavy atom. The maximum Gasteiger partial charge on any atom is 0.164 e. The molecule has 0 unspecified atom stereocenters. The average molecular weight is 254 g/mol. The Morgan fingerprint density at radius 3 is 2.72 bits per heavy atom. The molecule has 0 aromatic carbocycles. The minimum absolute atomic E-state index is 0.292. The first-order valence-electron chi connectivity index (χ1n) is 5.45. The van der Waals surface area contributed by atoms with Crippen molar-refractivity contribution in [3.63, 3.8) is 0 Å². The molecule has 88 valence electrons. The summed E-state index contributed by atoms with van der Waals surface area (Å²) in [5.41, 5.74) is 8.02. The fourth-order valence-corrected chi connectivity index (χ4v) is 2.05. The smallest absolute Gasteiger partial charge is 0.164 e. The monoisotopic (exact) mass is 254 g/mol. The van der Waals surface area contributed by atoms with Gasteiger partial charge in [-0.3, -0.25) is 9.38 Å². The number of nitrogens with zero attached hydrogens (tertiary/aromatic N) is 3. The minimum Gasteiger partial charge on any atom is -0.388 e. The van der Waals surface area contributed by atoms with Crippen LogP contribution in [0.2, 0.25) is 0 Å². The molecule has 0 bridgehead atoms. The van der Waals surface area contributed by atoms with Gasteiger partial charge in [-0.05, 0) is 24.3 Å². The van der Waals surface area contributed by atoms with Gasteiger partial charge in [0.05, 0.1) is 5.52 Å². The summed E-state index contributed by atoms with van der Waals surface area (Å²) >= 11 is 5.03.